The SMILES string of the molecule is O=C(c1cc(=O)[nH]c2ccc(S(=O)(=O)N3CCOCC3)cc12)N1CCSc2ccccc21. The minimum Gasteiger partial charge on any atom is -0.379 e. The molecule has 1 amide bonds. The molecular formula is C22H21N3O5S2. The average Bonchev–Trinajstić information content (AvgIpc) is 2.83. The van der Waals surface area contributed by atoms with E-state index in [-0.39, 0.29) is 29.5 Å². The highest BCUT2D eigenvalue weighted by atomic mass is 32.2. The van der Waals surface area contributed by atoms with E-state index in [0.717, 1.165) is 16.3 Å². The molecule has 3 heterocycles. The van der Waals surface area contributed by atoms with Gasteiger partial charge in [0.2, 0.25) is 15.6 Å². The third-order valence-corrected chi connectivity index (χ3v) is 8.56. The number of hydrogen-bond acceptors (Lipinski definition) is 6. The van der Waals surface area contributed by atoms with Crippen LogP contribution in [-0.2, 0) is 14.8 Å². The number of rotatable bonds is 3. The summed E-state index contributed by atoms with van der Waals surface area (Å²) in [5.74, 6) is 0.412. The molecule has 5 rings (SSSR count). The van der Waals surface area contributed by atoms with Crippen molar-refractivity contribution in [1.82, 2.24) is 9.29 Å². The number of thioether (sulfide) groups is 1. The highest BCUT2D eigenvalue weighted by Crippen LogP contribution is 2.35. The molecule has 0 saturated carbocycles. The summed E-state index contributed by atoms with van der Waals surface area (Å²) >= 11 is 1.68. The molecule has 1 aromatic heterocycles. The molecule has 0 unspecified atom stereocenters. The molecule has 0 spiro atoms. The van der Waals surface area contributed by atoms with Crippen molar-refractivity contribution < 1.29 is 17.9 Å². The fraction of sp³-hybridized carbons (Fsp3) is 0.273. The molecule has 0 bridgehead atoms. The quantitative estimate of drug-likeness (QED) is 0.629. The second kappa shape index (κ2) is 8.36. The van der Waals surface area contributed by atoms with Crippen LogP contribution in [-0.4, -0.2) is 62.2 Å². The molecule has 3 aromatic rings. The average molecular weight is 472 g/mol. The number of ether oxygens (including phenoxy) is 1. The van der Waals surface area contributed by atoms with E-state index < -0.39 is 15.6 Å². The summed E-state index contributed by atoms with van der Waals surface area (Å²) in [6.45, 7) is 1.74. The smallest absolute Gasteiger partial charge is 0.259 e. The largest absolute Gasteiger partial charge is 0.379 e. The van der Waals surface area contributed by atoms with Crippen LogP contribution in [0.5, 0.6) is 0 Å². The normalized spacial score (nSPS) is 17.3. The number of nitrogens with zero attached hydrogens (tertiary/aromatic N) is 2. The van der Waals surface area contributed by atoms with Gasteiger partial charge in [0.15, 0.2) is 0 Å². The van der Waals surface area contributed by atoms with Gasteiger partial charge in [0.1, 0.15) is 0 Å². The molecule has 32 heavy (non-hydrogen) atoms. The van der Waals surface area contributed by atoms with Crippen molar-refractivity contribution in [3.8, 4) is 0 Å². The second-order valence-corrected chi connectivity index (χ2v) is 10.6. The Bertz CT molecular complexity index is 1360. The van der Waals surface area contributed by atoms with Gasteiger partial charge in [-0.05, 0) is 30.3 Å². The zero-order valence-electron chi connectivity index (χ0n) is 17.1. The van der Waals surface area contributed by atoms with Crippen molar-refractivity contribution in [3.05, 3.63) is 64.4 Å². The van der Waals surface area contributed by atoms with Crippen LogP contribution in [0.25, 0.3) is 10.9 Å². The number of sulfonamides is 1. The lowest BCUT2D eigenvalue weighted by molar-refractivity contribution is 0.0730. The van der Waals surface area contributed by atoms with Crippen LogP contribution in [0.15, 0.2) is 63.1 Å². The summed E-state index contributed by atoms with van der Waals surface area (Å²) in [5.41, 5.74) is 0.981. The van der Waals surface area contributed by atoms with Gasteiger partial charge in [0, 0.05) is 47.3 Å². The first-order chi connectivity index (χ1) is 15.4. The third-order valence-electron chi connectivity index (χ3n) is 5.63. The van der Waals surface area contributed by atoms with Crippen LogP contribution >= 0.6 is 11.8 Å². The maximum Gasteiger partial charge on any atom is 0.259 e. The first-order valence-corrected chi connectivity index (χ1v) is 12.7. The minimum absolute atomic E-state index is 0.0857. The Morgan fingerprint density at radius 3 is 2.62 bits per heavy atom. The summed E-state index contributed by atoms with van der Waals surface area (Å²) in [5, 5.41) is 0.402. The molecule has 8 nitrogen and oxygen atoms in total. The number of nitrogens with one attached hydrogen (secondary N) is 1. The van der Waals surface area contributed by atoms with Crippen LogP contribution in [0, 0.1) is 0 Å². The van der Waals surface area contributed by atoms with Crippen molar-refractivity contribution in [2.24, 2.45) is 0 Å². The zero-order chi connectivity index (χ0) is 22.3. The van der Waals surface area contributed by atoms with E-state index in [0.29, 0.717) is 30.7 Å². The van der Waals surface area contributed by atoms with Gasteiger partial charge in [-0.1, -0.05) is 12.1 Å². The number of benzene rings is 2. The van der Waals surface area contributed by atoms with E-state index in [2.05, 4.69) is 4.98 Å². The topological polar surface area (TPSA) is 99.8 Å². The highest BCUT2D eigenvalue weighted by Gasteiger charge is 2.29. The number of aromatic nitrogens is 1. The predicted molar refractivity (Wildman–Crippen MR) is 123 cm³/mol. The van der Waals surface area contributed by atoms with E-state index in [9.17, 15) is 18.0 Å². The Morgan fingerprint density at radius 1 is 1.03 bits per heavy atom. The van der Waals surface area contributed by atoms with Crippen LogP contribution in [0.3, 0.4) is 0 Å². The molecule has 2 aliphatic rings. The van der Waals surface area contributed by atoms with Gasteiger partial charge in [0.05, 0.1) is 29.4 Å². The van der Waals surface area contributed by atoms with Gasteiger partial charge < -0.3 is 14.6 Å². The molecule has 1 fully saturated rings. The summed E-state index contributed by atoms with van der Waals surface area (Å²) < 4.78 is 32.9. The number of para-hydroxylation sites is 1. The third kappa shape index (κ3) is 3.73. The first kappa shape index (κ1) is 21.2. The number of morpholine rings is 1. The molecule has 10 heteroatoms. The Balaban J connectivity index is 1.61. The van der Waals surface area contributed by atoms with Crippen molar-refractivity contribution in [2.75, 3.05) is 43.5 Å². The standard InChI is InChI=1S/C22H21N3O5S2/c26-21-14-17(22(27)25-9-12-31-20-4-2-1-3-19(20)25)16-13-15(5-6-18(16)23-21)32(28,29)24-7-10-30-11-8-24/h1-6,13-14H,7-12H2,(H,23,26). The number of aromatic amines is 1. The minimum atomic E-state index is -3.75. The number of fused-ring (bicyclic) bond motifs is 2. The number of amides is 1. The molecule has 2 aromatic carbocycles. The summed E-state index contributed by atoms with van der Waals surface area (Å²) in [6.07, 6.45) is 0. The Morgan fingerprint density at radius 2 is 1.81 bits per heavy atom. The van der Waals surface area contributed by atoms with E-state index in [1.807, 2.05) is 24.3 Å². The van der Waals surface area contributed by atoms with Crippen molar-refractivity contribution in [3.63, 3.8) is 0 Å². The van der Waals surface area contributed by atoms with Gasteiger partial charge in [-0.15, -0.1) is 11.8 Å². The van der Waals surface area contributed by atoms with E-state index >= 15 is 0 Å². The summed E-state index contributed by atoms with van der Waals surface area (Å²) in [4.78, 5) is 31.3. The molecule has 1 N–H and O–H groups in total. The fourth-order valence-corrected chi connectivity index (χ4v) is 6.46. The number of hydrogen-bond donors (Lipinski definition) is 1. The number of H-pyrrole nitrogens is 1. The Hall–Kier alpha value is -2.66. The fourth-order valence-electron chi connectivity index (χ4n) is 4.03. The lowest BCUT2D eigenvalue weighted by atomic mass is 10.1. The number of carbonyl (C=O) groups is 1. The van der Waals surface area contributed by atoms with E-state index in [1.54, 1.807) is 22.7 Å². The number of carbonyl (C=O) groups excluding carboxylic acids is 1. The molecular weight excluding hydrogens is 450 g/mol. The first-order valence-electron chi connectivity index (χ1n) is 10.2. The lowest BCUT2D eigenvalue weighted by Crippen LogP contribution is -2.40. The van der Waals surface area contributed by atoms with Gasteiger partial charge in [0.25, 0.3) is 5.91 Å². The molecule has 0 atom stereocenters. The zero-order valence-corrected chi connectivity index (χ0v) is 18.7. The molecule has 1 saturated heterocycles. The highest BCUT2D eigenvalue weighted by molar-refractivity contribution is 7.99. The van der Waals surface area contributed by atoms with Crippen molar-refractivity contribution in [1.29, 1.82) is 0 Å². The summed E-state index contributed by atoms with van der Waals surface area (Å²) in [7, 11) is -3.75. The van der Waals surface area contributed by atoms with Gasteiger partial charge in [-0.2, -0.15) is 4.31 Å². The Labute approximate surface area is 189 Å². The van der Waals surface area contributed by atoms with Gasteiger partial charge in [-0.25, -0.2) is 8.42 Å². The van der Waals surface area contributed by atoms with Crippen LogP contribution in [0.2, 0.25) is 0 Å². The van der Waals surface area contributed by atoms with Crippen LogP contribution in [0.4, 0.5) is 5.69 Å². The molecule has 0 aliphatic carbocycles. The maximum atomic E-state index is 13.6. The van der Waals surface area contributed by atoms with Crippen molar-refractivity contribution >= 4 is 44.3 Å². The monoisotopic (exact) mass is 471 g/mol. The van der Waals surface area contributed by atoms with Gasteiger partial charge >= 0.3 is 0 Å². The maximum absolute atomic E-state index is 13.6. The molecule has 2 aliphatic heterocycles. The Kier molecular flexibility index (Phi) is 5.54. The lowest BCUT2D eigenvalue weighted by Gasteiger charge is -2.29. The second-order valence-electron chi connectivity index (χ2n) is 7.54. The van der Waals surface area contributed by atoms with Crippen LogP contribution < -0.4 is 10.5 Å². The predicted octanol–water partition coefficient (Wildman–Crippen LogP) is 2.30. The van der Waals surface area contributed by atoms with Gasteiger partial charge in [-0.3, -0.25) is 9.59 Å². The van der Waals surface area contributed by atoms with Crippen LogP contribution in [0.1, 0.15) is 10.4 Å². The van der Waals surface area contributed by atoms with E-state index in [1.165, 1.54) is 22.5 Å². The molecule has 166 valence electrons. The van der Waals surface area contributed by atoms with E-state index in [4.69, 9.17) is 4.74 Å². The molecule has 0 radical (unpaired) electrons. The van der Waals surface area contributed by atoms with Crippen molar-refractivity contribution in [2.45, 2.75) is 9.79 Å². The number of pyridine rings is 1. The number of anilines is 1. The summed E-state index contributed by atoms with van der Waals surface area (Å²) in [6, 6.07) is 13.4.